The number of aromatic nitrogens is 3. The molecule has 140 valence electrons. The Morgan fingerprint density at radius 1 is 1.30 bits per heavy atom. The third-order valence-electron chi connectivity index (χ3n) is 5.38. The van der Waals surface area contributed by atoms with E-state index in [0.717, 1.165) is 29.3 Å². The van der Waals surface area contributed by atoms with Crippen molar-refractivity contribution in [3.8, 4) is 0 Å². The first-order valence-electron chi connectivity index (χ1n) is 9.13. The van der Waals surface area contributed by atoms with Gasteiger partial charge in [-0.25, -0.2) is 4.79 Å². The number of nitrogens with one attached hydrogen (secondary N) is 1. The highest BCUT2D eigenvalue weighted by Gasteiger charge is 2.25. The molecule has 1 aromatic carbocycles. The number of hydrogen-bond acceptors (Lipinski definition) is 3. The molecule has 7 heteroatoms. The van der Waals surface area contributed by atoms with Crippen LogP contribution in [0.2, 0.25) is 0 Å². The maximum absolute atomic E-state index is 12.8. The van der Waals surface area contributed by atoms with Gasteiger partial charge >= 0.3 is 5.97 Å². The molecule has 0 saturated carbocycles. The number of carbonyl (C=O) groups excluding carboxylic acids is 1. The Morgan fingerprint density at radius 3 is 2.78 bits per heavy atom. The van der Waals surface area contributed by atoms with E-state index in [4.69, 9.17) is 5.11 Å². The average Bonchev–Trinajstić information content (AvgIpc) is 3.30. The molecule has 0 bridgehead atoms. The second-order valence-electron chi connectivity index (χ2n) is 7.11. The summed E-state index contributed by atoms with van der Waals surface area (Å²) in [4.78, 5) is 28.9. The van der Waals surface area contributed by atoms with Crippen LogP contribution >= 0.6 is 0 Å². The summed E-state index contributed by atoms with van der Waals surface area (Å²) < 4.78 is 1.72. The van der Waals surface area contributed by atoms with Crippen molar-refractivity contribution >= 4 is 22.8 Å². The minimum Gasteiger partial charge on any atom is -0.478 e. The Bertz CT molecular complexity index is 996. The van der Waals surface area contributed by atoms with Gasteiger partial charge in [0.05, 0.1) is 24.2 Å². The standard InChI is InChI=1S/C20H22N4O3/c1-13-3-2-4-17-19(13)14(10-21-17)9-18(25)23-7-5-16(6-8-23)24-12-15(11-22-24)20(26)27/h2-4,10-12,16,21H,5-9H2,1H3,(H,26,27). The molecule has 0 spiro atoms. The monoisotopic (exact) mass is 366 g/mol. The van der Waals surface area contributed by atoms with E-state index < -0.39 is 5.97 Å². The molecular formula is C20H22N4O3. The fourth-order valence-corrected chi connectivity index (χ4v) is 3.89. The molecule has 1 aliphatic heterocycles. The number of H-pyrrole nitrogens is 1. The topological polar surface area (TPSA) is 91.2 Å². The molecule has 3 heterocycles. The van der Waals surface area contributed by atoms with Crippen molar-refractivity contribution in [1.82, 2.24) is 19.7 Å². The van der Waals surface area contributed by atoms with Crippen LogP contribution in [0.15, 0.2) is 36.8 Å². The van der Waals surface area contributed by atoms with Crippen LogP contribution in [0.1, 0.15) is 40.4 Å². The normalized spacial score (nSPS) is 15.4. The largest absolute Gasteiger partial charge is 0.478 e. The average molecular weight is 366 g/mol. The Hall–Kier alpha value is -3.09. The molecule has 1 saturated heterocycles. The minimum atomic E-state index is -0.970. The summed E-state index contributed by atoms with van der Waals surface area (Å²) in [6, 6.07) is 6.23. The van der Waals surface area contributed by atoms with Crippen LogP contribution in [0.4, 0.5) is 0 Å². The fraction of sp³-hybridized carbons (Fsp3) is 0.350. The third-order valence-corrected chi connectivity index (χ3v) is 5.38. The summed E-state index contributed by atoms with van der Waals surface area (Å²) in [6.07, 6.45) is 6.82. The van der Waals surface area contributed by atoms with Gasteiger partial charge in [-0.1, -0.05) is 12.1 Å². The van der Waals surface area contributed by atoms with Gasteiger partial charge in [-0.15, -0.1) is 0 Å². The summed E-state index contributed by atoms with van der Waals surface area (Å²) in [5.41, 5.74) is 3.46. The first-order chi connectivity index (χ1) is 13.0. The van der Waals surface area contributed by atoms with E-state index in [1.807, 2.05) is 23.2 Å². The number of likely N-dealkylation sites (tertiary alicyclic amines) is 1. The smallest absolute Gasteiger partial charge is 0.338 e. The third kappa shape index (κ3) is 3.32. The van der Waals surface area contributed by atoms with Gasteiger partial charge in [-0.2, -0.15) is 5.10 Å². The van der Waals surface area contributed by atoms with Crippen LogP contribution in [0.25, 0.3) is 10.9 Å². The molecule has 1 amide bonds. The first-order valence-corrected chi connectivity index (χ1v) is 9.13. The number of rotatable bonds is 4. The zero-order valence-electron chi connectivity index (χ0n) is 15.2. The van der Waals surface area contributed by atoms with E-state index in [1.54, 1.807) is 10.9 Å². The van der Waals surface area contributed by atoms with E-state index in [-0.39, 0.29) is 17.5 Å². The van der Waals surface area contributed by atoms with Crippen molar-refractivity contribution < 1.29 is 14.7 Å². The maximum atomic E-state index is 12.8. The number of hydrogen-bond donors (Lipinski definition) is 2. The molecule has 1 aliphatic rings. The Kier molecular flexibility index (Phi) is 4.43. The van der Waals surface area contributed by atoms with Crippen molar-refractivity contribution in [2.24, 2.45) is 0 Å². The molecule has 0 aliphatic carbocycles. The van der Waals surface area contributed by atoms with Gasteiger partial charge in [0.2, 0.25) is 5.91 Å². The zero-order chi connectivity index (χ0) is 19.0. The van der Waals surface area contributed by atoms with Crippen LogP contribution in [0, 0.1) is 6.92 Å². The van der Waals surface area contributed by atoms with E-state index in [9.17, 15) is 9.59 Å². The zero-order valence-corrected chi connectivity index (χ0v) is 15.2. The summed E-state index contributed by atoms with van der Waals surface area (Å²) in [6.45, 7) is 3.38. The van der Waals surface area contributed by atoms with Crippen LogP contribution < -0.4 is 0 Å². The van der Waals surface area contributed by atoms with E-state index in [1.165, 1.54) is 11.8 Å². The van der Waals surface area contributed by atoms with Crippen molar-refractivity contribution in [3.63, 3.8) is 0 Å². The molecule has 2 aromatic heterocycles. The molecule has 2 N–H and O–H groups in total. The van der Waals surface area contributed by atoms with Gasteiger partial charge in [0, 0.05) is 36.4 Å². The lowest BCUT2D eigenvalue weighted by Crippen LogP contribution is -2.39. The van der Waals surface area contributed by atoms with Gasteiger partial charge in [-0.3, -0.25) is 9.48 Å². The Labute approximate surface area is 156 Å². The van der Waals surface area contributed by atoms with Gasteiger partial charge in [-0.05, 0) is 37.0 Å². The second kappa shape index (κ2) is 6.90. The second-order valence-corrected chi connectivity index (χ2v) is 7.11. The highest BCUT2D eigenvalue weighted by atomic mass is 16.4. The molecular weight excluding hydrogens is 344 g/mol. The van der Waals surface area contributed by atoms with E-state index in [2.05, 4.69) is 23.1 Å². The van der Waals surface area contributed by atoms with Crippen molar-refractivity contribution in [2.45, 2.75) is 32.2 Å². The van der Waals surface area contributed by atoms with E-state index in [0.29, 0.717) is 19.5 Å². The number of nitrogens with zero attached hydrogens (tertiary/aromatic N) is 3. The molecule has 27 heavy (non-hydrogen) atoms. The van der Waals surface area contributed by atoms with Gasteiger partial charge < -0.3 is 15.0 Å². The SMILES string of the molecule is Cc1cccc2[nH]cc(CC(=O)N3CCC(n4cc(C(=O)O)cn4)CC3)c12. The molecule has 7 nitrogen and oxygen atoms in total. The van der Waals surface area contributed by atoms with Crippen molar-refractivity contribution in [2.75, 3.05) is 13.1 Å². The fourth-order valence-electron chi connectivity index (χ4n) is 3.89. The van der Waals surface area contributed by atoms with Crippen LogP contribution in [-0.2, 0) is 11.2 Å². The molecule has 0 atom stereocenters. The number of benzene rings is 1. The molecule has 1 fully saturated rings. The van der Waals surface area contributed by atoms with Gasteiger partial charge in [0.1, 0.15) is 0 Å². The number of amides is 1. The molecule has 0 radical (unpaired) electrons. The van der Waals surface area contributed by atoms with Crippen molar-refractivity contribution in [1.29, 1.82) is 0 Å². The minimum absolute atomic E-state index is 0.129. The Morgan fingerprint density at radius 2 is 2.07 bits per heavy atom. The molecule has 4 rings (SSSR count). The number of aryl methyl sites for hydroxylation is 1. The quantitative estimate of drug-likeness (QED) is 0.743. The van der Waals surface area contributed by atoms with Crippen LogP contribution in [0.3, 0.4) is 0 Å². The lowest BCUT2D eigenvalue weighted by molar-refractivity contribution is -0.131. The number of piperidine rings is 1. The molecule has 0 unspecified atom stereocenters. The summed E-state index contributed by atoms with van der Waals surface area (Å²) in [5, 5.41) is 14.3. The van der Waals surface area contributed by atoms with Crippen LogP contribution in [0.5, 0.6) is 0 Å². The first kappa shape index (κ1) is 17.3. The number of carbonyl (C=O) groups is 2. The Balaban J connectivity index is 1.40. The number of carboxylic acids is 1. The number of aromatic carboxylic acids is 1. The van der Waals surface area contributed by atoms with Crippen LogP contribution in [-0.4, -0.2) is 49.7 Å². The number of carboxylic acid groups (broad SMARTS) is 1. The van der Waals surface area contributed by atoms with Crippen molar-refractivity contribution in [3.05, 3.63) is 53.5 Å². The summed E-state index contributed by atoms with van der Waals surface area (Å²) in [5.74, 6) is -0.841. The van der Waals surface area contributed by atoms with Gasteiger partial charge in [0.25, 0.3) is 0 Å². The number of aromatic amines is 1. The maximum Gasteiger partial charge on any atom is 0.338 e. The molecule has 3 aromatic rings. The summed E-state index contributed by atoms with van der Waals surface area (Å²) in [7, 11) is 0. The van der Waals surface area contributed by atoms with Gasteiger partial charge in [0.15, 0.2) is 0 Å². The number of fused-ring (bicyclic) bond motifs is 1. The van der Waals surface area contributed by atoms with E-state index >= 15 is 0 Å². The predicted molar refractivity (Wildman–Crippen MR) is 101 cm³/mol. The lowest BCUT2D eigenvalue weighted by Gasteiger charge is -2.32. The lowest BCUT2D eigenvalue weighted by atomic mass is 10.0. The predicted octanol–water partition coefficient (Wildman–Crippen LogP) is 2.78. The highest BCUT2D eigenvalue weighted by molar-refractivity contribution is 5.91. The highest BCUT2D eigenvalue weighted by Crippen LogP contribution is 2.25. The summed E-state index contributed by atoms with van der Waals surface area (Å²) >= 11 is 0.